The topological polar surface area (TPSA) is 72.1 Å². The van der Waals surface area contributed by atoms with Crippen LogP contribution in [0, 0.1) is 5.92 Å². The van der Waals surface area contributed by atoms with Gasteiger partial charge in [0.1, 0.15) is 5.01 Å². The molecule has 0 saturated carbocycles. The summed E-state index contributed by atoms with van der Waals surface area (Å²) in [5.74, 6) is 0.729. The fourth-order valence-electron chi connectivity index (χ4n) is 2.68. The molecule has 0 aliphatic carbocycles. The molecule has 3 rings (SSSR count). The second-order valence-electron chi connectivity index (χ2n) is 5.60. The summed E-state index contributed by atoms with van der Waals surface area (Å²) in [6, 6.07) is 5.75. The minimum absolute atomic E-state index is 0. The lowest BCUT2D eigenvalue weighted by Crippen LogP contribution is -2.40. The molecule has 2 N–H and O–H groups in total. The maximum atomic E-state index is 12.4. The second-order valence-corrected chi connectivity index (χ2v) is 6.45. The van der Waals surface area contributed by atoms with Crippen LogP contribution in [0.2, 0.25) is 0 Å². The van der Waals surface area contributed by atoms with Gasteiger partial charge in [0.25, 0.3) is 0 Å². The van der Waals surface area contributed by atoms with Crippen LogP contribution in [-0.2, 0) is 11.2 Å². The zero-order valence-corrected chi connectivity index (χ0v) is 15.7. The van der Waals surface area contributed by atoms with Crippen molar-refractivity contribution in [3.8, 4) is 10.7 Å². The van der Waals surface area contributed by atoms with E-state index in [0.29, 0.717) is 12.3 Å². The summed E-state index contributed by atoms with van der Waals surface area (Å²) in [5, 5.41) is 2.82. The maximum Gasteiger partial charge on any atom is 0.228 e. The van der Waals surface area contributed by atoms with Gasteiger partial charge in [0.2, 0.25) is 5.91 Å². The van der Waals surface area contributed by atoms with Crippen LogP contribution in [0.15, 0.2) is 29.8 Å². The SMILES string of the molecule is Cl.Cl.NCC1CCN(C(=O)Cc2csc(-c3ccccn3)n2)CC1. The van der Waals surface area contributed by atoms with Crippen LogP contribution in [0.4, 0.5) is 0 Å². The third-order valence-corrected chi connectivity index (χ3v) is 4.98. The maximum absolute atomic E-state index is 12.4. The number of thiazole rings is 1. The minimum Gasteiger partial charge on any atom is -0.342 e. The molecular weight excluding hydrogens is 367 g/mol. The fourth-order valence-corrected chi connectivity index (χ4v) is 3.48. The standard InChI is InChI=1S/C16H20N4OS.2ClH/c17-10-12-4-7-20(8-5-12)15(21)9-13-11-22-16(19-13)14-3-1-2-6-18-14;;/h1-3,6,11-12H,4-5,7-10,17H2;2*1H. The van der Waals surface area contributed by atoms with Crippen LogP contribution in [-0.4, -0.2) is 40.4 Å². The van der Waals surface area contributed by atoms with E-state index in [2.05, 4.69) is 9.97 Å². The number of piperidine rings is 1. The summed E-state index contributed by atoms with van der Waals surface area (Å²) in [4.78, 5) is 23.1. The van der Waals surface area contributed by atoms with Crippen LogP contribution in [0.5, 0.6) is 0 Å². The molecule has 132 valence electrons. The highest BCUT2D eigenvalue weighted by molar-refractivity contribution is 7.13. The van der Waals surface area contributed by atoms with E-state index in [9.17, 15) is 4.79 Å². The van der Waals surface area contributed by atoms with Gasteiger partial charge in [-0.15, -0.1) is 36.2 Å². The molecule has 1 amide bonds. The Morgan fingerprint density at radius 1 is 1.29 bits per heavy atom. The van der Waals surface area contributed by atoms with Crippen molar-refractivity contribution in [3.05, 3.63) is 35.5 Å². The molecule has 2 aromatic heterocycles. The normalized spacial score (nSPS) is 14.6. The van der Waals surface area contributed by atoms with E-state index in [4.69, 9.17) is 5.73 Å². The van der Waals surface area contributed by atoms with Gasteiger partial charge in [-0.25, -0.2) is 4.98 Å². The predicted octanol–water partition coefficient (Wildman–Crippen LogP) is 2.79. The molecule has 24 heavy (non-hydrogen) atoms. The van der Waals surface area contributed by atoms with Crippen LogP contribution < -0.4 is 5.73 Å². The van der Waals surface area contributed by atoms with Crippen LogP contribution in [0.25, 0.3) is 10.7 Å². The molecule has 0 unspecified atom stereocenters. The van der Waals surface area contributed by atoms with Gasteiger partial charge in [0.05, 0.1) is 17.8 Å². The molecule has 0 atom stereocenters. The molecule has 8 heteroatoms. The fraction of sp³-hybridized carbons (Fsp3) is 0.438. The molecule has 0 bridgehead atoms. The number of likely N-dealkylation sites (tertiary alicyclic amines) is 1. The van der Waals surface area contributed by atoms with Crippen molar-refractivity contribution in [1.82, 2.24) is 14.9 Å². The largest absolute Gasteiger partial charge is 0.342 e. The average Bonchev–Trinajstić information content (AvgIpc) is 3.04. The molecule has 0 aromatic carbocycles. The number of carbonyl (C=O) groups is 1. The Hall–Kier alpha value is -1.21. The predicted molar refractivity (Wildman–Crippen MR) is 102 cm³/mol. The van der Waals surface area contributed by atoms with Gasteiger partial charge in [-0.1, -0.05) is 6.07 Å². The van der Waals surface area contributed by atoms with Crippen molar-refractivity contribution in [1.29, 1.82) is 0 Å². The van der Waals surface area contributed by atoms with Crippen molar-refractivity contribution >= 4 is 42.1 Å². The van der Waals surface area contributed by atoms with Gasteiger partial charge in [-0.05, 0) is 37.4 Å². The third-order valence-electron chi connectivity index (χ3n) is 4.07. The van der Waals surface area contributed by atoms with Gasteiger partial charge in [0.15, 0.2) is 0 Å². The van der Waals surface area contributed by atoms with Crippen LogP contribution in [0.1, 0.15) is 18.5 Å². The lowest BCUT2D eigenvalue weighted by Gasteiger charge is -2.31. The highest BCUT2D eigenvalue weighted by Crippen LogP contribution is 2.22. The van der Waals surface area contributed by atoms with E-state index in [-0.39, 0.29) is 30.7 Å². The Bertz CT molecular complexity index is 630. The summed E-state index contributed by atoms with van der Waals surface area (Å²) in [6.07, 6.45) is 4.15. The summed E-state index contributed by atoms with van der Waals surface area (Å²) in [5.41, 5.74) is 7.38. The Labute approximate surface area is 158 Å². The van der Waals surface area contributed by atoms with E-state index >= 15 is 0 Å². The van der Waals surface area contributed by atoms with E-state index in [0.717, 1.165) is 48.9 Å². The quantitative estimate of drug-likeness (QED) is 0.873. The summed E-state index contributed by atoms with van der Waals surface area (Å²) in [6.45, 7) is 2.36. The average molecular weight is 389 g/mol. The molecule has 2 aromatic rings. The molecule has 0 radical (unpaired) electrons. The lowest BCUT2D eigenvalue weighted by atomic mass is 9.97. The molecule has 3 heterocycles. The summed E-state index contributed by atoms with van der Waals surface area (Å²) in [7, 11) is 0. The van der Waals surface area contributed by atoms with E-state index in [1.54, 1.807) is 6.20 Å². The molecule has 1 saturated heterocycles. The van der Waals surface area contributed by atoms with Crippen LogP contribution in [0.3, 0.4) is 0 Å². The Balaban J connectivity index is 0.00000144. The Morgan fingerprint density at radius 3 is 2.67 bits per heavy atom. The van der Waals surface area contributed by atoms with Crippen LogP contribution >= 0.6 is 36.2 Å². The first-order chi connectivity index (χ1) is 10.8. The second kappa shape index (κ2) is 9.93. The Morgan fingerprint density at radius 2 is 2.04 bits per heavy atom. The number of nitrogens with zero attached hydrogens (tertiary/aromatic N) is 3. The number of aromatic nitrogens is 2. The summed E-state index contributed by atoms with van der Waals surface area (Å²) < 4.78 is 0. The molecule has 5 nitrogen and oxygen atoms in total. The monoisotopic (exact) mass is 388 g/mol. The smallest absolute Gasteiger partial charge is 0.228 e. The first-order valence-corrected chi connectivity index (χ1v) is 8.48. The number of hydrogen-bond acceptors (Lipinski definition) is 5. The highest BCUT2D eigenvalue weighted by Gasteiger charge is 2.22. The molecule has 1 aliphatic rings. The number of amides is 1. The van der Waals surface area contributed by atoms with Crippen molar-refractivity contribution in [2.24, 2.45) is 11.7 Å². The zero-order chi connectivity index (χ0) is 15.4. The number of nitrogens with two attached hydrogens (primary N) is 1. The highest BCUT2D eigenvalue weighted by atomic mass is 35.5. The van der Waals surface area contributed by atoms with Gasteiger partial charge in [-0.3, -0.25) is 9.78 Å². The van der Waals surface area contributed by atoms with E-state index in [1.807, 2.05) is 28.5 Å². The van der Waals surface area contributed by atoms with E-state index in [1.165, 1.54) is 11.3 Å². The zero-order valence-electron chi connectivity index (χ0n) is 13.3. The van der Waals surface area contributed by atoms with Crippen molar-refractivity contribution < 1.29 is 4.79 Å². The minimum atomic E-state index is 0. The molecule has 0 spiro atoms. The van der Waals surface area contributed by atoms with E-state index < -0.39 is 0 Å². The number of carbonyl (C=O) groups excluding carboxylic acids is 1. The van der Waals surface area contributed by atoms with Gasteiger partial charge < -0.3 is 10.6 Å². The molecular formula is C16H22Cl2N4OS. The number of hydrogen-bond donors (Lipinski definition) is 1. The van der Waals surface area contributed by atoms with Gasteiger partial charge in [-0.2, -0.15) is 0 Å². The Kier molecular flexibility index (Phi) is 8.62. The lowest BCUT2D eigenvalue weighted by molar-refractivity contribution is -0.131. The first kappa shape index (κ1) is 20.8. The summed E-state index contributed by atoms with van der Waals surface area (Å²) >= 11 is 1.53. The molecule has 1 fully saturated rings. The van der Waals surface area contributed by atoms with Crippen molar-refractivity contribution in [2.45, 2.75) is 19.3 Å². The first-order valence-electron chi connectivity index (χ1n) is 7.60. The number of rotatable bonds is 4. The van der Waals surface area contributed by atoms with Crippen molar-refractivity contribution in [2.75, 3.05) is 19.6 Å². The number of pyridine rings is 1. The van der Waals surface area contributed by atoms with Gasteiger partial charge >= 0.3 is 0 Å². The third kappa shape index (κ3) is 5.14. The number of halogens is 2. The van der Waals surface area contributed by atoms with Gasteiger partial charge in [0, 0.05) is 24.7 Å². The molecule has 1 aliphatic heterocycles. The van der Waals surface area contributed by atoms with Crippen molar-refractivity contribution in [3.63, 3.8) is 0 Å².